The van der Waals surface area contributed by atoms with Gasteiger partial charge in [-0.2, -0.15) is 0 Å². The Kier molecular flexibility index (Phi) is 5.90. The van der Waals surface area contributed by atoms with Gasteiger partial charge in [0, 0.05) is 12.5 Å². The largest absolute Gasteiger partial charge is 0.481 e. The second kappa shape index (κ2) is 8.11. The molecule has 3 N–H and O–H groups in total. The van der Waals surface area contributed by atoms with Crippen molar-refractivity contribution in [2.75, 3.05) is 0 Å². The van der Waals surface area contributed by atoms with E-state index >= 15 is 0 Å². The minimum Gasteiger partial charge on any atom is -0.481 e. The first-order chi connectivity index (χ1) is 12.3. The molecular weight excluding hydrogens is 342 g/mol. The number of carboxylic acid groups (broad SMARTS) is 2. The van der Waals surface area contributed by atoms with E-state index in [1.54, 1.807) is 18.2 Å². The molecule has 0 saturated carbocycles. The van der Waals surface area contributed by atoms with Gasteiger partial charge in [0.1, 0.15) is 17.9 Å². The van der Waals surface area contributed by atoms with Crippen molar-refractivity contribution in [3.63, 3.8) is 0 Å². The van der Waals surface area contributed by atoms with E-state index in [0.29, 0.717) is 11.0 Å². The molecule has 0 spiro atoms. The zero-order chi connectivity index (χ0) is 19.3. The van der Waals surface area contributed by atoms with Gasteiger partial charge >= 0.3 is 11.9 Å². The summed E-state index contributed by atoms with van der Waals surface area (Å²) in [6.07, 6.45) is 2.79. The first-order valence-corrected chi connectivity index (χ1v) is 7.73. The second-order valence-corrected chi connectivity index (χ2v) is 5.68. The molecule has 0 radical (unpaired) electrons. The van der Waals surface area contributed by atoms with Crippen molar-refractivity contribution in [1.82, 2.24) is 5.32 Å². The molecule has 8 nitrogen and oxygen atoms in total. The Bertz CT molecular complexity index is 942. The first-order valence-electron chi connectivity index (χ1n) is 7.73. The molecule has 1 aromatic carbocycles. The molecule has 0 saturated heterocycles. The van der Waals surface area contributed by atoms with Crippen LogP contribution in [0.1, 0.15) is 24.0 Å². The van der Waals surface area contributed by atoms with Crippen molar-refractivity contribution in [3.05, 3.63) is 51.9 Å². The number of aliphatic carboxylic acids is 2. The van der Waals surface area contributed by atoms with Crippen LogP contribution in [-0.4, -0.2) is 34.1 Å². The molecular formula is C18H17NO7. The fraction of sp³-hybridized carbons (Fsp3) is 0.222. The van der Waals surface area contributed by atoms with Gasteiger partial charge in [-0.3, -0.25) is 14.4 Å². The molecule has 0 bridgehead atoms. The number of amides is 1. The molecule has 1 aromatic heterocycles. The Morgan fingerprint density at radius 1 is 1.27 bits per heavy atom. The van der Waals surface area contributed by atoms with Gasteiger partial charge in [-0.15, -0.1) is 0 Å². The lowest BCUT2D eigenvalue weighted by Gasteiger charge is -2.11. The Morgan fingerprint density at radius 2 is 2.00 bits per heavy atom. The normalized spacial score (nSPS) is 12.2. The third kappa shape index (κ3) is 4.79. The summed E-state index contributed by atoms with van der Waals surface area (Å²) in [5.74, 6) is -3.26. The highest BCUT2D eigenvalue weighted by Gasteiger charge is 2.19. The average molecular weight is 359 g/mol. The van der Waals surface area contributed by atoms with Crippen molar-refractivity contribution in [2.45, 2.75) is 25.8 Å². The molecule has 1 unspecified atom stereocenters. The Balaban J connectivity index is 2.15. The minimum absolute atomic E-state index is 0.135. The van der Waals surface area contributed by atoms with Gasteiger partial charge in [0.2, 0.25) is 5.91 Å². The zero-order valence-electron chi connectivity index (χ0n) is 13.9. The molecule has 0 fully saturated rings. The van der Waals surface area contributed by atoms with E-state index in [1.165, 1.54) is 12.3 Å². The van der Waals surface area contributed by atoms with Crippen LogP contribution in [0, 0.1) is 6.92 Å². The molecule has 2 rings (SSSR count). The van der Waals surface area contributed by atoms with E-state index in [2.05, 4.69) is 5.32 Å². The maximum absolute atomic E-state index is 12.4. The number of carbonyl (C=O) groups excluding carboxylic acids is 1. The van der Waals surface area contributed by atoms with E-state index in [9.17, 15) is 19.2 Å². The molecule has 2 aromatic rings. The number of carbonyl (C=O) groups is 3. The maximum Gasteiger partial charge on any atom is 0.326 e. The summed E-state index contributed by atoms with van der Waals surface area (Å²) in [5, 5.41) is 20.2. The molecule has 26 heavy (non-hydrogen) atoms. The number of fused-ring (bicyclic) bond motifs is 1. The van der Waals surface area contributed by atoms with Gasteiger partial charge in [-0.1, -0.05) is 11.6 Å². The molecule has 136 valence electrons. The van der Waals surface area contributed by atoms with Crippen LogP contribution in [0.2, 0.25) is 0 Å². The third-order valence-electron chi connectivity index (χ3n) is 3.63. The van der Waals surface area contributed by atoms with Crippen LogP contribution in [-0.2, 0) is 14.4 Å². The topological polar surface area (TPSA) is 134 Å². The second-order valence-electron chi connectivity index (χ2n) is 5.68. The van der Waals surface area contributed by atoms with Crippen LogP contribution >= 0.6 is 0 Å². The predicted molar refractivity (Wildman–Crippen MR) is 92.7 cm³/mol. The first kappa shape index (κ1) is 18.9. The van der Waals surface area contributed by atoms with Crippen LogP contribution in [0.25, 0.3) is 17.0 Å². The van der Waals surface area contributed by atoms with Crippen molar-refractivity contribution < 1.29 is 29.0 Å². The molecule has 0 aliphatic rings. The lowest BCUT2D eigenvalue weighted by Crippen LogP contribution is -2.40. The third-order valence-corrected chi connectivity index (χ3v) is 3.63. The van der Waals surface area contributed by atoms with Gasteiger partial charge in [0.25, 0.3) is 0 Å². The fourth-order valence-electron chi connectivity index (χ4n) is 2.29. The van der Waals surface area contributed by atoms with Crippen molar-refractivity contribution in [2.24, 2.45) is 0 Å². The number of rotatable bonds is 7. The minimum atomic E-state index is -1.34. The standard InChI is InChI=1S/C18H17NO7/c1-10-2-5-14-12(8-10)17(23)11(9-26-14)3-6-15(20)19-13(18(24)25)4-7-16(21)22/h2-3,5-6,8-9,13H,4,7H2,1H3,(H,19,20)(H,21,22)(H,24,25)/b6-3+. The summed E-state index contributed by atoms with van der Waals surface area (Å²) in [6, 6.07) is 3.81. The van der Waals surface area contributed by atoms with E-state index in [0.717, 1.165) is 11.6 Å². The molecule has 1 amide bonds. The Hall–Kier alpha value is -3.42. The van der Waals surface area contributed by atoms with E-state index in [-0.39, 0.29) is 17.4 Å². The van der Waals surface area contributed by atoms with Gasteiger partial charge in [-0.25, -0.2) is 4.79 Å². The van der Waals surface area contributed by atoms with E-state index in [1.807, 2.05) is 6.92 Å². The zero-order valence-corrected chi connectivity index (χ0v) is 13.9. The summed E-state index contributed by atoms with van der Waals surface area (Å²) in [5.41, 5.74) is 1.11. The smallest absolute Gasteiger partial charge is 0.326 e. The molecule has 8 heteroatoms. The van der Waals surface area contributed by atoms with Gasteiger partial charge < -0.3 is 19.9 Å². The van der Waals surface area contributed by atoms with Crippen LogP contribution in [0.15, 0.2) is 39.7 Å². The van der Waals surface area contributed by atoms with E-state index in [4.69, 9.17) is 14.6 Å². The van der Waals surface area contributed by atoms with Crippen molar-refractivity contribution in [1.29, 1.82) is 0 Å². The summed E-state index contributed by atoms with van der Waals surface area (Å²) in [4.78, 5) is 45.8. The van der Waals surface area contributed by atoms with Crippen LogP contribution in [0.5, 0.6) is 0 Å². The average Bonchev–Trinajstić information content (AvgIpc) is 2.58. The fourth-order valence-corrected chi connectivity index (χ4v) is 2.29. The molecule has 0 aliphatic heterocycles. The van der Waals surface area contributed by atoms with Crippen molar-refractivity contribution >= 4 is 34.9 Å². The quantitative estimate of drug-likeness (QED) is 0.638. The number of carboxylic acids is 2. The van der Waals surface area contributed by atoms with Gasteiger partial charge in [0.05, 0.1) is 10.9 Å². The van der Waals surface area contributed by atoms with Gasteiger partial charge in [0.15, 0.2) is 5.43 Å². The lowest BCUT2D eigenvalue weighted by atomic mass is 10.1. The number of benzene rings is 1. The monoisotopic (exact) mass is 359 g/mol. The summed E-state index contributed by atoms with van der Waals surface area (Å²) < 4.78 is 5.35. The molecule has 1 heterocycles. The number of aryl methyl sites for hydroxylation is 1. The lowest BCUT2D eigenvalue weighted by molar-refractivity contribution is -0.142. The molecule has 1 atom stereocenters. The summed E-state index contributed by atoms with van der Waals surface area (Å²) >= 11 is 0. The SMILES string of the molecule is Cc1ccc2occ(/C=C/C(=O)NC(CCC(=O)O)C(=O)O)c(=O)c2c1. The highest BCUT2D eigenvalue weighted by Crippen LogP contribution is 2.13. The van der Waals surface area contributed by atoms with Crippen LogP contribution in [0.3, 0.4) is 0 Å². The number of hydrogen-bond acceptors (Lipinski definition) is 5. The summed E-state index contributed by atoms with van der Waals surface area (Å²) in [6.45, 7) is 1.83. The maximum atomic E-state index is 12.4. The van der Waals surface area contributed by atoms with Crippen LogP contribution in [0.4, 0.5) is 0 Å². The number of hydrogen-bond donors (Lipinski definition) is 3. The number of nitrogens with one attached hydrogen (secondary N) is 1. The van der Waals surface area contributed by atoms with Crippen LogP contribution < -0.4 is 10.7 Å². The van der Waals surface area contributed by atoms with E-state index < -0.39 is 30.3 Å². The molecule has 0 aliphatic carbocycles. The highest BCUT2D eigenvalue weighted by atomic mass is 16.4. The van der Waals surface area contributed by atoms with Crippen molar-refractivity contribution in [3.8, 4) is 0 Å². The van der Waals surface area contributed by atoms with Gasteiger partial charge in [-0.05, 0) is 31.6 Å². The summed E-state index contributed by atoms with van der Waals surface area (Å²) in [7, 11) is 0. The Morgan fingerprint density at radius 3 is 2.65 bits per heavy atom. The highest BCUT2D eigenvalue weighted by molar-refractivity contribution is 5.94. The Labute approximate surface area is 147 Å². The predicted octanol–water partition coefficient (Wildman–Crippen LogP) is 1.55.